The van der Waals surface area contributed by atoms with Crippen LogP contribution in [0.1, 0.15) is 18.4 Å². The minimum absolute atomic E-state index is 0.279. The highest BCUT2D eigenvalue weighted by Crippen LogP contribution is 2.36. The molecule has 1 aliphatic rings. The fourth-order valence-electron chi connectivity index (χ4n) is 4.92. The summed E-state index contributed by atoms with van der Waals surface area (Å²) in [5, 5.41) is 11.6. The van der Waals surface area contributed by atoms with E-state index in [4.69, 9.17) is 18.9 Å². The summed E-state index contributed by atoms with van der Waals surface area (Å²) in [6.07, 6.45) is 4.09. The van der Waals surface area contributed by atoms with Gasteiger partial charge in [0.1, 0.15) is 17.7 Å². The van der Waals surface area contributed by atoms with Crippen molar-refractivity contribution >= 4 is 11.1 Å². The van der Waals surface area contributed by atoms with Gasteiger partial charge < -0.3 is 23.8 Å². The molecule has 1 N–H and O–H groups in total. The normalized spacial score (nSPS) is 15.4. The van der Waals surface area contributed by atoms with E-state index in [9.17, 15) is 4.39 Å². The average molecular weight is 514 g/mol. The van der Waals surface area contributed by atoms with Crippen LogP contribution in [-0.4, -0.2) is 46.1 Å². The molecule has 8 nitrogen and oxygen atoms in total. The van der Waals surface area contributed by atoms with Gasteiger partial charge in [-0.2, -0.15) is 0 Å². The zero-order valence-corrected chi connectivity index (χ0v) is 21.3. The first-order valence-corrected chi connectivity index (χ1v) is 12.6. The van der Waals surface area contributed by atoms with Gasteiger partial charge in [-0.3, -0.25) is 0 Å². The zero-order valence-electron chi connectivity index (χ0n) is 21.3. The predicted octanol–water partition coefficient (Wildman–Crippen LogP) is 5.37. The number of benzene rings is 3. The Bertz CT molecular complexity index is 1590. The third-order valence-corrected chi connectivity index (χ3v) is 6.82. The van der Waals surface area contributed by atoms with Crippen LogP contribution in [0.15, 0.2) is 65.3 Å². The summed E-state index contributed by atoms with van der Waals surface area (Å²) in [7, 11) is 3.46. The number of oxazole rings is 1. The maximum atomic E-state index is 14.2. The number of halogens is 1. The second-order valence-corrected chi connectivity index (χ2v) is 9.47. The van der Waals surface area contributed by atoms with Crippen LogP contribution < -0.4 is 10.1 Å². The van der Waals surface area contributed by atoms with E-state index in [0.29, 0.717) is 35.2 Å². The summed E-state index contributed by atoms with van der Waals surface area (Å²) < 4.78 is 33.5. The molecule has 1 aliphatic heterocycles. The second-order valence-electron chi connectivity index (χ2n) is 9.47. The maximum Gasteiger partial charge on any atom is 0.227 e. The van der Waals surface area contributed by atoms with Gasteiger partial charge in [-0.1, -0.05) is 18.2 Å². The molecular formula is C29H28FN5O3. The highest BCUT2D eigenvalue weighted by Gasteiger charge is 2.18. The Kier molecular flexibility index (Phi) is 6.61. The van der Waals surface area contributed by atoms with Crippen molar-refractivity contribution in [2.45, 2.75) is 25.5 Å². The number of rotatable bonds is 8. The van der Waals surface area contributed by atoms with Gasteiger partial charge in [-0.05, 0) is 65.9 Å². The summed E-state index contributed by atoms with van der Waals surface area (Å²) in [6, 6.07) is 16.5. The summed E-state index contributed by atoms with van der Waals surface area (Å²) in [5.74, 6) is 1.36. The Balaban J connectivity index is 1.32. The number of hydrogen-bond acceptors (Lipinski definition) is 7. The van der Waals surface area contributed by atoms with Crippen LogP contribution in [0.2, 0.25) is 0 Å². The number of methoxy groups -OCH3 is 1. The molecule has 6 rings (SSSR count). The standard InChI is InChI=1S/C29H28FN5O3/c1-35-17-32-34-28(35)24-14-21(30)8-9-23(24)19-5-3-6-20(13-19)29-33-25-11-18(12-26(36-2)27(25)38-29)15-31-16-22-7-4-10-37-22/h3,5-6,8-9,11-14,17,22,31H,4,7,10,15-16H2,1-2H3/t22-/m0/s1. The highest BCUT2D eigenvalue weighted by molar-refractivity contribution is 5.85. The molecule has 9 heteroatoms. The summed E-state index contributed by atoms with van der Waals surface area (Å²) in [5.41, 5.74) is 5.54. The van der Waals surface area contributed by atoms with Crippen molar-refractivity contribution in [3.05, 3.63) is 72.3 Å². The van der Waals surface area contributed by atoms with Gasteiger partial charge in [0.2, 0.25) is 5.89 Å². The fourth-order valence-corrected chi connectivity index (χ4v) is 4.92. The lowest BCUT2D eigenvalue weighted by atomic mass is 9.97. The van der Waals surface area contributed by atoms with Gasteiger partial charge in [0, 0.05) is 37.9 Å². The fraction of sp³-hybridized carbons (Fsp3) is 0.276. The monoisotopic (exact) mass is 513 g/mol. The smallest absolute Gasteiger partial charge is 0.227 e. The molecule has 1 saturated heterocycles. The molecule has 0 bridgehead atoms. The Hall–Kier alpha value is -4.08. The van der Waals surface area contributed by atoms with Gasteiger partial charge >= 0.3 is 0 Å². The van der Waals surface area contributed by atoms with Gasteiger partial charge in [-0.15, -0.1) is 10.2 Å². The molecule has 0 amide bonds. The van der Waals surface area contributed by atoms with E-state index < -0.39 is 0 Å². The molecule has 38 heavy (non-hydrogen) atoms. The third kappa shape index (κ3) is 4.78. The molecule has 0 unspecified atom stereocenters. The lowest BCUT2D eigenvalue weighted by Gasteiger charge is -2.11. The number of aromatic nitrogens is 4. The summed E-state index contributed by atoms with van der Waals surface area (Å²) in [6.45, 7) is 2.34. The number of fused-ring (bicyclic) bond motifs is 1. The molecular weight excluding hydrogens is 485 g/mol. The van der Waals surface area contributed by atoms with E-state index in [1.54, 1.807) is 24.1 Å². The molecule has 1 fully saturated rings. The molecule has 5 aromatic rings. The van der Waals surface area contributed by atoms with E-state index in [2.05, 4.69) is 15.5 Å². The predicted molar refractivity (Wildman–Crippen MR) is 142 cm³/mol. The largest absolute Gasteiger partial charge is 0.493 e. The van der Waals surface area contributed by atoms with E-state index in [1.165, 1.54) is 12.1 Å². The minimum atomic E-state index is -0.338. The first kappa shape index (κ1) is 24.3. The quantitative estimate of drug-likeness (QED) is 0.298. The van der Waals surface area contributed by atoms with Crippen molar-refractivity contribution in [1.82, 2.24) is 25.1 Å². The zero-order chi connectivity index (χ0) is 26.1. The number of nitrogens with one attached hydrogen (secondary N) is 1. The summed E-state index contributed by atoms with van der Waals surface area (Å²) >= 11 is 0. The van der Waals surface area contributed by atoms with E-state index in [1.807, 2.05) is 43.4 Å². The van der Waals surface area contributed by atoms with Gasteiger partial charge in [-0.25, -0.2) is 9.37 Å². The number of aryl methyl sites for hydroxylation is 1. The molecule has 3 heterocycles. The van der Waals surface area contributed by atoms with Crippen molar-refractivity contribution in [3.8, 4) is 39.7 Å². The highest BCUT2D eigenvalue weighted by atomic mass is 19.1. The number of nitrogens with zero attached hydrogens (tertiary/aromatic N) is 4. The van der Waals surface area contributed by atoms with Crippen LogP contribution in [0.25, 0.3) is 45.1 Å². The van der Waals surface area contributed by atoms with Crippen molar-refractivity contribution in [1.29, 1.82) is 0 Å². The summed E-state index contributed by atoms with van der Waals surface area (Å²) in [4.78, 5) is 4.79. The molecule has 194 valence electrons. The Morgan fingerprint density at radius 2 is 2.00 bits per heavy atom. The maximum absolute atomic E-state index is 14.2. The molecule has 1 atom stereocenters. The number of hydrogen-bond donors (Lipinski definition) is 1. The first-order chi connectivity index (χ1) is 18.6. The molecule has 3 aromatic carbocycles. The van der Waals surface area contributed by atoms with Crippen LogP contribution in [0, 0.1) is 5.82 Å². The third-order valence-electron chi connectivity index (χ3n) is 6.82. The minimum Gasteiger partial charge on any atom is -0.493 e. The SMILES string of the molecule is COc1cc(CNC[C@@H]2CCCO2)cc2nc(-c3cccc(-c4ccc(F)cc4-c4nncn4C)c3)oc12. The van der Waals surface area contributed by atoms with Crippen LogP contribution in [0.3, 0.4) is 0 Å². The molecule has 2 aromatic heterocycles. The molecule has 0 saturated carbocycles. The van der Waals surface area contributed by atoms with Crippen LogP contribution >= 0.6 is 0 Å². The Labute approximate surface area is 219 Å². The van der Waals surface area contributed by atoms with Gasteiger partial charge in [0.15, 0.2) is 17.2 Å². The van der Waals surface area contributed by atoms with Crippen molar-refractivity contribution in [2.75, 3.05) is 20.3 Å². The van der Waals surface area contributed by atoms with E-state index in [-0.39, 0.29) is 11.9 Å². The van der Waals surface area contributed by atoms with Crippen molar-refractivity contribution in [2.24, 2.45) is 7.05 Å². The second kappa shape index (κ2) is 10.4. The Morgan fingerprint density at radius 1 is 1.11 bits per heavy atom. The van der Waals surface area contributed by atoms with E-state index >= 15 is 0 Å². The number of ether oxygens (including phenoxy) is 2. The molecule has 0 spiro atoms. The van der Waals surface area contributed by atoms with Crippen LogP contribution in [0.4, 0.5) is 4.39 Å². The average Bonchev–Trinajstić information content (AvgIpc) is 3.69. The lowest BCUT2D eigenvalue weighted by Crippen LogP contribution is -2.25. The van der Waals surface area contributed by atoms with Crippen molar-refractivity contribution < 1.29 is 18.3 Å². The van der Waals surface area contributed by atoms with Gasteiger partial charge in [0.05, 0.1) is 13.2 Å². The lowest BCUT2D eigenvalue weighted by molar-refractivity contribution is 0.110. The van der Waals surface area contributed by atoms with E-state index in [0.717, 1.165) is 53.8 Å². The first-order valence-electron chi connectivity index (χ1n) is 12.6. The van der Waals surface area contributed by atoms with Gasteiger partial charge in [0.25, 0.3) is 0 Å². The topological polar surface area (TPSA) is 87.2 Å². The Morgan fingerprint density at radius 3 is 2.79 bits per heavy atom. The van der Waals surface area contributed by atoms with Crippen LogP contribution in [0.5, 0.6) is 5.75 Å². The molecule has 0 aliphatic carbocycles. The van der Waals surface area contributed by atoms with Crippen LogP contribution in [-0.2, 0) is 18.3 Å². The van der Waals surface area contributed by atoms with Crippen molar-refractivity contribution in [3.63, 3.8) is 0 Å². The molecule has 0 radical (unpaired) electrons.